The molecule has 1 aromatic rings. The Labute approximate surface area is 142 Å². The molecule has 5 nitrogen and oxygen atoms in total. The second kappa shape index (κ2) is 6.02. The zero-order valence-electron chi connectivity index (χ0n) is 13.5. The Morgan fingerprint density at radius 1 is 1.24 bits per heavy atom. The summed E-state index contributed by atoms with van der Waals surface area (Å²) in [6.07, 6.45) is -2.05. The molecule has 2 aliphatic rings. The first kappa shape index (κ1) is 17.2. The number of nitrogens with zero attached hydrogens (tertiary/aromatic N) is 2. The molecule has 25 heavy (non-hydrogen) atoms. The Bertz CT molecular complexity index is 786. The minimum atomic E-state index is -4.41. The summed E-state index contributed by atoms with van der Waals surface area (Å²) in [6, 6.07) is 4.26. The third-order valence-corrected chi connectivity index (χ3v) is 4.37. The van der Waals surface area contributed by atoms with E-state index in [9.17, 15) is 22.8 Å². The van der Waals surface area contributed by atoms with E-state index in [0.29, 0.717) is 11.4 Å². The summed E-state index contributed by atoms with van der Waals surface area (Å²) in [5.41, 5.74) is -0.378. The highest BCUT2D eigenvalue weighted by molar-refractivity contribution is 6.10. The lowest BCUT2D eigenvalue weighted by Crippen LogP contribution is -2.59. The van der Waals surface area contributed by atoms with Gasteiger partial charge in [-0.2, -0.15) is 13.2 Å². The van der Waals surface area contributed by atoms with Gasteiger partial charge in [0, 0.05) is 7.05 Å². The second-order valence-corrected chi connectivity index (χ2v) is 6.08. The van der Waals surface area contributed by atoms with Crippen molar-refractivity contribution in [3.8, 4) is 0 Å². The number of piperidine rings is 1. The predicted molar refractivity (Wildman–Crippen MR) is 85.6 cm³/mol. The molecule has 0 radical (unpaired) electrons. The molecular formula is C17H16F3N3O2. The number of alkyl halides is 3. The number of halogens is 3. The number of hydrogen-bond acceptors (Lipinski definition) is 4. The van der Waals surface area contributed by atoms with Crippen LogP contribution in [-0.2, 0) is 15.8 Å². The number of fused-ring (bicyclic) bond motifs is 1. The molecule has 3 atom stereocenters. The molecule has 0 aromatic heterocycles. The SMILES string of the molecule is CC1C(=O)C2NC(/C=C/c3cccc(C(F)(F)F)c3)=NC2N(C)C1=O. The molecule has 1 amide bonds. The molecule has 3 unspecified atom stereocenters. The molecule has 132 valence electrons. The van der Waals surface area contributed by atoms with Crippen molar-refractivity contribution < 1.29 is 22.8 Å². The van der Waals surface area contributed by atoms with Crippen LogP contribution in [0.5, 0.6) is 0 Å². The summed E-state index contributed by atoms with van der Waals surface area (Å²) >= 11 is 0. The number of likely N-dealkylation sites (tertiary alicyclic amines) is 1. The molecule has 1 N–H and O–H groups in total. The number of likely N-dealkylation sites (N-methyl/N-ethyl adjacent to an activating group) is 1. The van der Waals surface area contributed by atoms with Crippen LogP contribution in [0.1, 0.15) is 18.1 Å². The maximum atomic E-state index is 12.7. The second-order valence-electron chi connectivity index (χ2n) is 6.08. The molecule has 1 aromatic carbocycles. The average Bonchev–Trinajstić information content (AvgIpc) is 3.00. The number of hydrogen-bond donors (Lipinski definition) is 1. The van der Waals surface area contributed by atoms with Crippen molar-refractivity contribution in [1.82, 2.24) is 10.2 Å². The van der Waals surface area contributed by atoms with Crippen molar-refractivity contribution in [1.29, 1.82) is 0 Å². The summed E-state index contributed by atoms with van der Waals surface area (Å²) in [7, 11) is 1.58. The Hall–Kier alpha value is -2.64. The number of ketones is 1. The van der Waals surface area contributed by atoms with Crippen LogP contribution in [0.15, 0.2) is 35.3 Å². The molecule has 0 spiro atoms. The first-order valence-corrected chi connectivity index (χ1v) is 7.68. The number of amides is 1. The van der Waals surface area contributed by atoms with E-state index in [0.717, 1.165) is 12.1 Å². The van der Waals surface area contributed by atoms with Crippen LogP contribution in [0.2, 0.25) is 0 Å². The van der Waals surface area contributed by atoms with Crippen LogP contribution in [0.3, 0.4) is 0 Å². The number of benzene rings is 1. The summed E-state index contributed by atoms with van der Waals surface area (Å²) in [6.45, 7) is 1.55. The van der Waals surface area contributed by atoms with Gasteiger partial charge in [-0.15, -0.1) is 0 Å². The highest BCUT2D eigenvalue weighted by atomic mass is 19.4. The van der Waals surface area contributed by atoms with Crippen LogP contribution < -0.4 is 5.32 Å². The molecule has 2 aliphatic heterocycles. The molecular weight excluding hydrogens is 335 g/mol. The summed E-state index contributed by atoms with van der Waals surface area (Å²) in [5.74, 6) is -0.908. The van der Waals surface area contributed by atoms with Crippen molar-refractivity contribution in [3.63, 3.8) is 0 Å². The molecule has 2 heterocycles. The summed E-state index contributed by atoms with van der Waals surface area (Å²) in [5, 5.41) is 2.94. The van der Waals surface area contributed by atoms with E-state index in [4.69, 9.17) is 0 Å². The van der Waals surface area contributed by atoms with Gasteiger partial charge in [-0.1, -0.05) is 18.2 Å². The quantitative estimate of drug-likeness (QED) is 0.830. The third-order valence-electron chi connectivity index (χ3n) is 4.37. The minimum absolute atomic E-state index is 0.237. The largest absolute Gasteiger partial charge is 0.416 e. The number of aliphatic imine (C=N–C) groups is 1. The van der Waals surface area contributed by atoms with Crippen LogP contribution in [0.25, 0.3) is 6.08 Å². The fourth-order valence-corrected chi connectivity index (χ4v) is 2.93. The van der Waals surface area contributed by atoms with Gasteiger partial charge < -0.3 is 10.2 Å². The highest BCUT2D eigenvalue weighted by Gasteiger charge is 2.47. The normalized spacial score (nSPS) is 26.7. The summed E-state index contributed by atoms with van der Waals surface area (Å²) in [4.78, 5) is 29.9. The van der Waals surface area contributed by atoms with Crippen molar-refractivity contribution in [3.05, 3.63) is 41.5 Å². The van der Waals surface area contributed by atoms with E-state index in [1.165, 1.54) is 29.2 Å². The van der Waals surface area contributed by atoms with Gasteiger partial charge in [-0.3, -0.25) is 9.59 Å². The minimum Gasteiger partial charge on any atom is -0.357 e. The van der Waals surface area contributed by atoms with E-state index >= 15 is 0 Å². The van der Waals surface area contributed by atoms with Gasteiger partial charge in [0.2, 0.25) is 5.91 Å². The molecule has 0 bridgehead atoms. The molecule has 0 saturated carbocycles. The van der Waals surface area contributed by atoms with E-state index in [2.05, 4.69) is 10.3 Å². The number of Topliss-reactive ketones (excluding diaryl/α,β-unsaturated/α-hetero) is 1. The van der Waals surface area contributed by atoms with Crippen LogP contribution in [-0.4, -0.2) is 41.7 Å². The lowest BCUT2D eigenvalue weighted by Gasteiger charge is -2.34. The molecule has 1 fully saturated rings. The van der Waals surface area contributed by atoms with E-state index < -0.39 is 29.9 Å². The van der Waals surface area contributed by atoms with Gasteiger partial charge >= 0.3 is 6.18 Å². The predicted octanol–water partition coefficient (Wildman–Crippen LogP) is 2.09. The zero-order valence-corrected chi connectivity index (χ0v) is 13.5. The Kier molecular flexibility index (Phi) is 4.14. The topological polar surface area (TPSA) is 61.8 Å². The van der Waals surface area contributed by atoms with Crippen molar-refractivity contribution in [2.24, 2.45) is 10.9 Å². The number of nitrogens with one attached hydrogen (secondary N) is 1. The number of carbonyl (C=O) groups excluding carboxylic acids is 2. The number of amidine groups is 1. The van der Waals surface area contributed by atoms with Crippen LogP contribution in [0.4, 0.5) is 13.2 Å². The first-order chi connectivity index (χ1) is 11.7. The lowest BCUT2D eigenvalue weighted by molar-refractivity contribution is -0.148. The van der Waals surface area contributed by atoms with Gasteiger partial charge in [0.1, 0.15) is 11.9 Å². The van der Waals surface area contributed by atoms with Crippen molar-refractivity contribution in [2.45, 2.75) is 25.3 Å². The smallest absolute Gasteiger partial charge is 0.357 e. The Morgan fingerprint density at radius 2 is 1.96 bits per heavy atom. The fourth-order valence-electron chi connectivity index (χ4n) is 2.93. The maximum Gasteiger partial charge on any atom is 0.416 e. The van der Waals surface area contributed by atoms with Gasteiger partial charge in [0.15, 0.2) is 11.9 Å². The lowest BCUT2D eigenvalue weighted by atomic mass is 9.92. The number of carbonyl (C=O) groups is 2. The van der Waals surface area contributed by atoms with Crippen molar-refractivity contribution >= 4 is 23.6 Å². The molecule has 8 heteroatoms. The maximum absolute atomic E-state index is 12.7. The molecule has 0 aliphatic carbocycles. The van der Waals surface area contributed by atoms with Crippen molar-refractivity contribution in [2.75, 3.05) is 7.05 Å². The standard InChI is InChI=1S/C17H16F3N3O2/c1-9-14(24)13-15(23(2)16(9)25)22-12(21-13)7-6-10-4-3-5-11(8-10)17(18,19)20/h3-9,13,15H,1-2H3,(H,21,22)/b7-6+. The monoisotopic (exact) mass is 351 g/mol. The fraction of sp³-hybridized carbons (Fsp3) is 0.353. The van der Waals surface area contributed by atoms with Gasteiger partial charge in [0.05, 0.1) is 11.5 Å². The van der Waals surface area contributed by atoms with E-state index in [-0.39, 0.29) is 11.7 Å². The molecule has 1 saturated heterocycles. The highest BCUT2D eigenvalue weighted by Crippen LogP contribution is 2.30. The van der Waals surface area contributed by atoms with Gasteiger partial charge in [-0.25, -0.2) is 4.99 Å². The van der Waals surface area contributed by atoms with E-state index in [1.54, 1.807) is 14.0 Å². The number of rotatable bonds is 2. The first-order valence-electron chi connectivity index (χ1n) is 7.68. The van der Waals surface area contributed by atoms with Gasteiger partial charge in [-0.05, 0) is 30.7 Å². The van der Waals surface area contributed by atoms with E-state index in [1.807, 2.05) is 0 Å². The zero-order chi connectivity index (χ0) is 18.4. The molecule has 3 rings (SSSR count). The van der Waals surface area contributed by atoms with Gasteiger partial charge in [0.25, 0.3) is 0 Å². The third kappa shape index (κ3) is 3.16. The Morgan fingerprint density at radius 3 is 2.64 bits per heavy atom. The Balaban J connectivity index is 1.80. The summed E-state index contributed by atoms with van der Waals surface area (Å²) < 4.78 is 38.2. The average molecular weight is 351 g/mol. The van der Waals surface area contributed by atoms with Crippen LogP contribution in [0, 0.1) is 5.92 Å². The van der Waals surface area contributed by atoms with Crippen LogP contribution >= 0.6 is 0 Å².